The quantitative estimate of drug-likeness (QED) is 0.473. The van der Waals surface area contributed by atoms with E-state index in [1.54, 1.807) is 0 Å². The molecule has 0 aliphatic carbocycles. The Morgan fingerprint density at radius 3 is 3.12 bits per heavy atom. The number of rotatable bonds is 2. The summed E-state index contributed by atoms with van der Waals surface area (Å²) in [5, 5.41) is 0. The molecule has 0 aromatic heterocycles. The van der Waals surface area contributed by atoms with E-state index in [4.69, 9.17) is 5.73 Å². The molecule has 2 N–H and O–H groups in total. The molecular formula is C5H10N3+. The van der Waals surface area contributed by atoms with Crippen LogP contribution in [-0.4, -0.2) is 37.4 Å². The first-order valence-electron chi connectivity index (χ1n) is 2.80. The summed E-state index contributed by atoms with van der Waals surface area (Å²) in [4.78, 5) is 5.90. The van der Waals surface area contributed by atoms with Crippen LogP contribution in [0.4, 0.5) is 0 Å². The molecule has 1 heterocycles. The molecule has 0 saturated heterocycles. The molecule has 0 aromatic rings. The fourth-order valence-corrected chi connectivity index (χ4v) is 0.688. The van der Waals surface area contributed by atoms with Gasteiger partial charge in [0.1, 0.15) is 6.54 Å². The predicted octanol–water partition coefficient (Wildman–Crippen LogP) is -0.834. The smallest absolute Gasteiger partial charge is 0.329 e. The molecule has 0 spiro atoms. The Morgan fingerprint density at radius 2 is 2.62 bits per heavy atom. The lowest BCUT2D eigenvalue weighted by Gasteiger charge is -1.96. The van der Waals surface area contributed by atoms with Crippen LogP contribution in [0.5, 0.6) is 0 Å². The van der Waals surface area contributed by atoms with E-state index < -0.39 is 0 Å². The molecular weight excluding hydrogens is 102 g/mol. The molecule has 8 heavy (non-hydrogen) atoms. The zero-order valence-electron chi connectivity index (χ0n) is 4.80. The highest BCUT2D eigenvalue weighted by Crippen LogP contribution is 1.89. The Kier molecular flexibility index (Phi) is 1.78. The van der Waals surface area contributed by atoms with E-state index in [2.05, 4.69) is 11.3 Å². The van der Waals surface area contributed by atoms with Gasteiger partial charge in [-0.25, -0.2) is 0 Å². The Balaban J connectivity index is 2.16. The van der Waals surface area contributed by atoms with E-state index in [1.807, 2.05) is 4.90 Å². The molecule has 0 aromatic carbocycles. The van der Waals surface area contributed by atoms with Crippen LogP contribution in [-0.2, 0) is 0 Å². The Labute approximate surface area is 49.2 Å². The first-order valence-corrected chi connectivity index (χ1v) is 2.80. The van der Waals surface area contributed by atoms with Gasteiger partial charge in [0.15, 0.2) is 0 Å². The van der Waals surface area contributed by atoms with E-state index in [9.17, 15) is 0 Å². The fraction of sp³-hybridized carbons (Fsp3) is 0.800. The van der Waals surface area contributed by atoms with Crippen LogP contribution in [0, 0.1) is 0 Å². The lowest BCUT2D eigenvalue weighted by molar-refractivity contribution is 0.478. The highest BCUT2D eigenvalue weighted by Gasteiger charge is 2.18. The number of hydrogen-bond donors (Lipinski definition) is 1. The maximum Gasteiger partial charge on any atom is 0.517 e. The van der Waals surface area contributed by atoms with Crippen molar-refractivity contribution >= 4 is 6.34 Å². The lowest BCUT2D eigenvalue weighted by atomic mass is 10.5. The molecule has 0 unspecified atom stereocenters. The molecule has 1 aliphatic heterocycles. The third-order valence-corrected chi connectivity index (χ3v) is 1.09. The van der Waals surface area contributed by atoms with Crippen molar-refractivity contribution in [1.29, 1.82) is 0 Å². The van der Waals surface area contributed by atoms with Crippen LogP contribution >= 0.6 is 0 Å². The van der Waals surface area contributed by atoms with Gasteiger partial charge in [-0.1, -0.05) is 0 Å². The molecule has 44 valence electrons. The van der Waals surface area contributed by atoms with Crippen LogP contribution in [0.2, 0.25) is 0 Å². The van der Waals surface area contributed by atoms with Gasteiger partial charge < -0.3 is 5.73 Å². The highest BCUT2D eigenvalue weighted by molar-refractivity contribution is 5.56. The zero-order chi connectivity index (χ0) is 5.82. The minimum Gasteiger partial charge on any atom is -0.329 e. The second-order valence-electron chi connectivity index (χ2n) is 1.76. The summed E-state index contributed by atoms with van der Waals surface area (Å²) >= 11 is 0. The molecule has 3 heteroatoms. The molecule has 0 saturated carbocycles. The van der Waals surface area contributed by atoms with E-state index in [0.29, 0.717) is 6.54 Å². The number of nitrogens with zero attached hydrogens (tertiary/aromatic N) is 2. The molecule has 0 fully saturated rings. The number of nitrogens with two attached hydrogens (primary N) is 1. The maximum absolute atomic E-state index is 5.28. The molecule has 1 aliphatic rings. The number of aliphatic imine (C=N–C) groups is 1. The predicted molar refractivity (Wildman–Crippen MR) is 32.9 cm³/mol. The second-order valence-corrected chi connectivity index (χ2v) is 1.76. The normalized spacial score (nSPS) is 16.9. The van der Waals surface area contributed by atoms with Gasteiger partial charge >= 0.3 is 6.34 Å². The van der Waals surface area contributed by atoms with E-state index >= 15 is 0 Å². The highest BCUT2D eigenvalue weighted by atomic mass is 15.2. The monoisotopic (exact) mass is 112 g/mol. The van der Waals surface area contributed by atoms with Crippen molar-refractivity contribution in [2.24, 2.45) is 10.7 Å². The van der Waals surface area contributed by atoms with E-state index in [1.165, 1.54) is 0 Å². The topological polar surface area (TPSA) is 41.6 Å². The number of hydrogen-bond acceptors (Lipinski definition) is 3. The molecule has 3 nitrogen and oxygen atoms in total. The van der Waals surface area contributed by atoms with Gasteiger partial charge in [-0.15, -0.1) is 4.90 Å². The minimum atomic E-state index is 0.697. The van der Waals surface area contributed by atoms with Crippen molar-refractivity contribution in [1.82, 2.24) is 4.90 Å². The van der Waals surface area contributed by atoms with Crippen LogP contribution in [0.25, 0.3) is 0 Å². The first kappa shape index (κ1) is 5.48. The van der Waals surface area contributed by atoms with Gasteiger partial charge in [0, 0.05) is 6.54 Å². The van der Waals surface area contributed by atoms with Gasteiger partial charge in [-0.3, -0.25) is 0 Å². The standard InChI is InChI=1S/C5H10N3/c6-1-3-8-4-2-7-5-8/h1-4,6H2/q+1. The summed E-state index contributed by atoms with van der Waals surface area (Å²) in [5.41, 5.74) is 5.28. The molecule has 0 amide bonds. The van der Waals surface area contributed by atoms with Crippen molar-refractivity contribution in [3.8, 4) is 0 Å². The summed E-state index contributed by atoms with van der Waals surface area (Å²) in [7, 11) is 0. The van der Waals surface area contributed by atoms with Crippen LogP contribution in [0.1, 0.15) is 0 Å². The van der Waals surface area contributed by atoms with Gasteiger partial charge in [0.2, 0.25) is 0 Å². The summed E-state index contributed by atoms with van der Waals surface area (Å²) in [6.45, 7) is 3.48. The van der Waals surface area contributed by atoms with Gasteiger partial charge in [-0.2, -0.15) is 0 Å². The Bertz CT molecular complexity index is 89.7. The minimum absolute atomic E-state index is 0.697. The van der Waals surface area contributed by atoms with Crippen molar-refractivity contribution in [3.63, 3.8) is 0 Å². The fourth-order valence-electron chi connectivity index (χ4n) is 0.688. The third-order valence-electron chi connectivity index (χ3n) is 1.09. The average molecular weight is 112 g/mol. The van der Waals surface area contributed by atoms with E-state index in [-0.39, 0.29) is 0 Å². The third kappa shape index (κ3) is 1.15. The van der Waals surface area contributed by atoms with Crippen LogP contribution in [0.3, 0.4) is 0 Å². The van der Waals surface area contributed by atoms with Crippen molar-refractivity contribution in [2.75, 3.05) is 26.2 Å². The van der Waals surface area contributed by atoms with Crippen molar-refractivity contribution in [2.45, 2.75) is 0 Å². The zero-order valence-corrected chi connectivity index (χ0v) is 4.80. The second kappa shape index (κ2) is 2.60. The van der Waals surface area contributed by atoms with Gasteiger partial charge in [-0.05, 0) is 4.99 Å². The molecule has 1 rings (SSSR count). The first-order chi connectivity index (χ1) is 3.93. The molecule has 0 bridgehead atoms. The summed E-state index contributed by atoms with van der Waals surface area (Å²) in [6.07, 6.45) is 2.84. The van der Waals surface area contributed by atoms with Gasteiger partial charge in [0.05, 0.1) is 13.1 Å². The van der Waals surface area contributed by atoms with Crippen molar-refractivity contribution in [3.05, 3.63) is 0 Å². The van der Waals surface area contributed by atoms with Crippen LogP contribution in [0.15, 0.2) is 4.99 Å². The van der Waals surface area contributed by atoms with Crippen LogP contribution < -0.4 is 5.73 Å². The summed E-state index contributed by atoms with van der Waals surface area (Å²) < 4.78 is 0. The van der Waals surface area contributed by atoms with Gasteiger partial charge in [0.25, 0.3) is 0 Å². The summed E-state index contributed by atoms with van der Waals surface area (Å²) in [6, 6.07) is 0. The van der Waals surface area contributed by atoms with Crippen molar-refractivity contribution < 1.29 is 0 Å². The Hall–Kier alpha value is -0.660. The SMILES string of the molecule is NCCN1[C+]=NCC1. The molecule has 0 radical (unpaired) electrons. The average Bonchev–Trinajstić information content (AvgIpc) is 2.19. The maximum atomic E-state index is 5.28. The Morgan fingerprint density at radius 1 is 1.75 bits per heavy atom. The molecule has 0 atom stereocenters. The van der Waals surface area contributed by atoms with E-state index in [0.717, 1.165) is 19.6 Å². The lowest BCUT2D eigenvalue weighted by Crippen LogP contribution is -2.26. The largest absolute Gasteiger partial charge is 0.517 e. The summed E-state index contributed by atoms with van der Waals surface area (Å²) in [5.74, 6) is 0.